The first-order valence-corrected chi connectivity index (χ1v) is 6.04. The van der Waals surface area contributed by atoms with Gasteiger partial charge in [0.05, 0.1) is 17.2 Å². The summed E-state index contributed by atoms with van der Waals surface area (Å²) in [5.74, 6) is 1.24. The van der Waals surface area contributed by atoms with E-state index in [1.165, 1.54) is 0 Å². The Kier molecular flexibility index (Phi) is 3.59. The Morgan fingerprint density at radius 3 is 2.20 bits per heavy atom. The molecule has 0 fully saturated rings. The molecule has 4 nitrogen and oxygen atoms in total. The topological polar surface area (TPSA) is 82.8 Å². The van der Waals surface area contributed by atoms with Crippen LogP contribution in [0.5, 0.6) is 11.5 Å². The maximum atomic E-state index is 8.96. The summed E-state index contributed by atoms with van der Waals surface area (Å²) in [6.45, 7) is 3.76. The van der Waals surface area contributed by atoms with E-state index in [-0.39, 0.29) is 0 Å². The molecule has 0 aliphatic carbocycles. The molecule has 0 unspecified atom stereocenters. The van der Waals surface area contributed by atoms with Crippen molar-refractivity contribution in [1.29, 1.82) is 10.5 Å². The van der Waals surface area contributed by atoms with Crippen molar-refractivity contribution in [1.82, 2.24) is 0 Å². The molecule has 2 aromatic rings. The van der Waals surface area contributed by atoms with Crippen LogP contribution in [0.4, 0.5) is 5.69 Å². The van der Waals surface area contributed by atoms with E-state index in [0.717, 1.165) is 11.1 Å². The first kappa shape index (κ1) is 13.5. The normalized spacial score (nSPS) is 9.60. The second-order valence-electron chi connectivity index (χ2n) is 4.51. The second kappa shape index (κ2) is 5.34. The van der Waals surface area contributed by atoms with Gasteiger partial charge in [-0.25, -0.2) is 0 Å². The molecule has 0 atom stereocenters. The minimum Gasteiger partial charge on any atom is -0.457 e. The number of hydrogen-bond acceptors (Lipinski definition) is 4. The first-order valence-electron chi connectivity index (χ1n) is 6.04. The van der Waals surface area contributed by atoms with Gasteiger partial charge in [-0.3, -0.25) is 0 Å². The maximum absolute atomic E-state index is 8.96. The van der Waals surface area contributed by atoms with E-state index >= 15 is 0 Å². The molecular formula is C16H13N3O. The highest BCUT2D eigenvalue weighted by molar-refractivity contribution is 5.57. The molecule has 0 aromatic heterocycles. The van der Waals surface area contributed by atoms with Crippen LogP contribution >= 0.6 is 0 Å². The molecule has 2 rings (SSSR count). The summed E-state index contributed by atoms with van der Waals surface area (Å²) >= 11 is 0. The van der Waals surface area contributed by atoms with Gasteiger partial charge in [0.15, 0.2) is 0 Å². The Labute approximate surface area is 117 Å². The molecule has 98 valence electrons. The molecule has 4 heteroatoms. The molecule has 2 N–H and O–H groups in total. The molecular weight excluding hydrogens is 250 g/mol. The van der Waals surface area contributed by atoms with Gasteiger partial charge in [0.25, 0.3) is 0 Å². The van der Waals surface area contributed by atoms with Crippen molar-refractivity contribution in [3.05, 3.63) is 52.6 Å². The van der Waals surface area contributed by atoms with Crippen LogP contribution in [0.2, 0.25) is 0 Å². The van der Waals surface area contributed by atoms with Gasteiger partial charge in [-0.2, -0.15) is 10.5 Å². The number of nitrogens with zero attached hydrogens (tertiary/aromatic N) is 2. The highest BCUT2D eigenvalue weighted by Crippen LogP contribution is 2.31. The van der Waals surface area contributed by atoms with Gasteiger partial charge in [-0.05, 0) is 49.2 Å². The summed E-state index contributed by atoms with van der Waals surface area (Å²) in [5.41, 5.74) is 8.83. The lowest BCUT2D eigenvalue weighted by Gasteiger charge is -2.12. The summed E-state index contributed by atoms with van der Waals surface area (Å²) in [7, 11) is 0. The second-order valence-corrected chi connectivity index (χ2v) is 4.51. The average molecular weight is 263 g/mol. The molecule has 0 aliphatic rings. The molecule has 0 amide bonds. The summed E-state index contributed by atoms with van der Waals surface area (Å²) in [4.78, 5) is 0. The maximum Gasteiger partial charge on any atom is 0.133 e. The lowest BCUT2D eigenvalue weighted by molar-refractivity contribution is 0.475. The van der Waals surface area contributed by atoms with Gasteiger partial charge in [0, 0.05) is 11.8 Å². The molecule has 0 aliphatic heterocycles. The van der Waals surface area contributed by atoms with E-state index in [1.54, 1.807) is 30.3 Å². The standard InChI is InChI=1S/C16H13N3O/c1-10-5-12(8-17)6-11(2)16(10)20-14-3-4-15(19)13(7-14)9-18/h3-7H,19H2,1-2H3. The zero-order valence-corrected chi connectivity index (χ0v) is 11.3. The number of benzene rings is 2. The molecule has 0 saturated carbocycles. The third kappa shape index (κ3) is 2.55. The quantitative estimate of drug-likeness (QED) is 0.841. The SMILES string of the molecule is Cc1cc(C#N)cc(C)c1Oc1ccc(N)c(C#N)c1. The number of nitrogens with two attached hydrogens (primary N) is 1. The fraction of sp³-hybridized carbons (Fsp3) is 0.125. The van der Waals surface area contributed by atoms with Crippen molar-refractivity contribution >= 4 is 5.69 Å². The summed E-state index contributed by atoms with van der Waals surface area (Å²) in [6, 6.07) is 12.6. The Morgan fingerprint density at radius 2 is 1.65 bits per heavy atom. The number of nitrogen functional groups attached to an aromatic ring is 1. The third-order valence-corrected chi connectivity index (χ3v) is 2.95. The van der Waals surface area contributed by atoms with Crippen molar-refractivity contribution < 1.29 is 4.74 Å². The van der Waals surface area contributed by atoms with E-state index in [1.807, 2.05) is 19.9 Å². The highest BCUT2D eigenvalue weighted by atomic mass is 16.5. The van der Waals surface area contributed by atoms with Crippen LogP contribution in [0.25, 0.3) is 0 Å². The van der Waals surface area contributed by atoms with E-state index in [4.69, 9.17) is 21.0 Å². The van der Waals surface area contributed by atoms with E-state index in [9.17, 15) is 0 Å². The van der Waals surface area contributed by atoms with Crippen LogP contribution in [-0.4, -0.2) is 0 Å². The van der Waals surface area contributed by atoms with E-state index in [0.29, 0.717) is 28.3 Å². The summed E-state index contributed by atoms with van der Waals surface area (Å²) < 4.78 is 5.82. The Balaban J connectivity index is 2.41. The lowest BCUT2D eigenvalue weighted by atomic mass is 10.1. The first-order chi connectivity index (χ1) is 9.55. The van der Waals surface area contributed by atoms with Crippen molar-refractivity contribution in [3.63, 3.8) is 0 Å². The summed E-state index contributed by atoms with van der Waals surface area (Å²) in [5, 5.41) is 17.9. The molecule has 0 radical (unpaired) electrons. The Hall–Kier alpha value is -2.98. The molecule has 2 aromatic carbocycles. The van der Waals surface area contributed by atoms with Crippen LogP contribution < -0.4 is 10.5 Å². The molecule has 0 bridgehead atoms. The van der Waals surface area contributed by atoms with Crippen LogP contribution in [0.1, 0.15) is 22.3 Å². The Bertz CT molecular complexity index is 728. The van der Waals surface area contributed by atoms with E-state index in [2.05, 4.69) is 6.07 Å². The number of hydrogen-bond donors (Lipinski definition) is 1. The Morgan fingerprint density at radius 1 is 1.00 bits per heavy atom. The monoisotopic (exact) mass is 263 g/mol. The molecule has 0 heterocycles. The van der Waals surface area contributed by atoms with Crippen LogP contribution in [0, 0.1) is 36.5 Å². The number of rotatable bonds is 2. The van der Waals surface area contributed by atoms with Crippen molar-refractivity contribution in [2.45, 2.75) is 13.8 Å². The lowest BCUT2D eigenvalue weighted by Crippen LogP contribution is -1.95. The van der Waals surface area contributed by atoms with Crippen LogP contribution in [-0.2, 0) is 0 Å². The number of anilines is 1. The number of nitriles is 2. The summed E-state index contributed by atoms with van der Waals surface area (Å²) in [6.07, 6.45) is 0. The molecule has 0 saturated heterocycles. The van der Waals surface area contributed by atoms with Gasteiger partial charge >= 0.3 is 0 Å². The molecule has 0 spiro atoms. The fourth-order valence-corrected chi connectivity index (χ4v) is 1.99. The van der Waals surface area contributed by atoms with Gasteiger partial charge < -0.3 is 10.5 Å². The highest BCUT2D eigenvalue weighted by Gasteiger charge is 2.09. The zero-order chi connectivity index (χ0) is 14.7. The third-order valence-electron chi connectivity index (χ3n) is 2.95. The smallest absolute Gasteiger partial charge is 0.133 e. The largest absolute Gasteiger partial charge is 0.457 e. The minimum atomic E-state index is 0.381. The molecule has 20 heavy (non-hydrogen) atoms. The average Bonchev–Trinajstić information content (AvgIpc) is 2.44. The predicted molar refractivity (Wildman–Crippen MR) is 76.3 cm³/mol. The van der Waals surface area contributed by atoms with Gasteiger partial charge in [0.1, 0.15) is 17.6 Å². The van der Waals surface area contributed by atoms with E-state index < -0.39 is 0 Å². The predicted octanol–water partition coefficient (Wildman–Crippen LogP) is 3.42. The van der Waals surface area contributed by atoms with Gasteiger partial charge in [-0.15, -0.1) is 0 Å². The van der Waals surface area contributed by atoms with Crippen LogP contribution in [0.15, 0.2) is 30.3 Å². The van der Waals surface area contributed by atoms with Crippen molar-refractivity contribution in [3.8, 4) is 23.6 Å². The van der Waals surface area contributed by atoms with Crippen LogP contribution in [0.3, 0.4) is 0 Å². The minimum absolute atomic E-state index is 0.381. The number of aryl methyl sites for hydroxylation is 2. The van der Waals surface area contributed by atoms with Gasteiger partial charge in [0.2, 0.25) is 0 Å². The van der Waals surface area contributed by atoms with Crippen molar-refractivity contribution in [2.75, 3.05) is 5.73 Å². The zero-order valence-electron chi connectivity index (χ0n) is 11.3. The fourth-order valence-electron chi connectivity index (χ4n) is 1.99. The number of ether oxygens (including phenoxy) is 1. The van der Waals surface area contributed by atoms with Crippen molar-refractivity contribution in [2.24, 2.45) is 0 Å². The van der Waals surface area contributed by atoms with Gasteiger partial charge in [-0.1, -0.05) is 0 Å².